The van der Waals surface area contributed by atoms with Crippen molar-refractivity contribution < 1.29 is 4.79 Å². The zero-order valence-corrected chi connectivity index (χ0v) is 12.1. The standard InChI is InChI=1S/C13H18BrN3O/c1-16-6-8-17(9-7-16)13(18)15-10-11-4-2-3-5-12(11)14/h2-5H,6-10H2,1H3,(H,15,18). The fourth-order valence-electron chi connectivity index (χ4n) is 1.93. The Morgan fingerprint density at radius 1 is 1.28 bits per heavy atom. The molecule has 1 aromatic rings. The van der Waals surface area contributed by atoms with Gasteiger partial charge in [0.25, 0.3) is 0 Å². The van der Waals surface area contributed by atoms with E-state index in [0.29, 0.717) is 6.54 Å². The average Bonchev–Trinajstić information content (AvgIpc) is 2.38. The highest BCUT2D eigenvalue weighted by molar-refractivity contribution is 9.10. The van der Waals surface area contributed by atoms with E-state index in [9.17, 15) is 4.79 Å². The van der Waals surface area contributed by atoms with Crippen molar-refractivity contribution in [1.29, 1.82) is 0 Å². The van der Waals surface area contributed by atoms with E-state index in [2.05, 4.69) is 33.2 Å². The van der Waals surface area contributed by atoms with Gasteiger partial charge in [-0.3, -0.25) is 0 Å². The molecular weight excluding hydrogens is 294 g/mol. The summed E-state index contributed by atoms with van der Waals surface area (Å²) < 4.78 is 1.03. The van der Waals surface area contributed by atoms with E-state index in [1.54, 1.807) is 0 Å². The molecule has 5 heteroatoms. The number of piperazine rings is 1. The van der Waals surface area contributed by atoms with Crippen LogP contribution in [0.5, 0.6) is 0 Å². The van der Waals surface area contributed by atoms with Gasteiger partial charge in [-0.2, -0.15) is 0 Å². The molecule has 2 rings (SSSR count). The Kier molecular flexibility index (Phi) is 4.60. The molecule has 18 heavy (non-hydrogen) atoms. The van der Waals surface area contributed by atoms with Gasteiger partial charge in [-0.1, -0.05) is 34.1 Å². The van der Waals surface area contributed by atoms with Crippen LogP contribution < -0.4 is 5.32 Å². The van der Waals surface area contributed by atoms with Crippen molar-refractivity contribution in [2.75, 3.05) is 33.2 Å². The van der Waals surface area contributed by atoms with Crippen molar-refractivity contribution in [2.45, 2.75) is 6.54 Å². The number of nitrogens with one attached hydrogen (secondary N) is 1. The molecule has 1 heterocycles. The Hall–Kier alpha value is -1.07. The predicted molar refractivity (Wildman–Crippen MR) is 75.4 cm³/mol. The summed E-state index contributed by atoms with van der Waals surface area (Å²) in [4.78, 5) is 16.1. The van der Waals surface area contributed by atoms with E-state index in [1.807, 2.05) is 29.2 Å². The highest BCUT2D eigenvalue weighted by Gasteiger charge is 2.18. The molecule has 0 aromatic heterocycles. The lowest BCUT2D eigenvalue weighted by Gasteiger charge is -2.32. The van der Waals surface area contributed by atoms with E-state index >= 15 is 0 Å². The number of likely N-dealkylation sites (N-methyl/N-ethyl adjacent to an activating group) is 1. The van der Waals surface area contributed by atoms with Crippen LogP contribution in [0.25, 0.3) is 0 Å². The number of carbonyl (C=O) groups is 1. The Morgan fingerprint density at radius 2 is 1.94 bits per heavy atom. The molecule has 2 amide bonds. The van der Waals surface area contributed by atoms with E-state index < -0.39 is 0 Å². The molecule has 0 spiro atoms. The zero-order chi connectivity index (χ0) is 13.0. The van der Waals surface area contributed by atoms with Gasteiger partial charge in [0.05, 0.1) is 0 Å². The first-order valence-electron chi connectivity index (χ1n) is 6.11. The molecule has 0 radical (unpaired) electrons. The summed E-state index contributed by atoms with van der Waals surface area (Å²) in [6.45, 7) is 4.06. The Morgan fingerprint density at radius 3 is 2.61 bits per heavy atom. The Bertz CT molecular complexity index is 416. The minimum Gasteiger partial charge on any atom is -0.334 e. The first-order valence-corrected chi connectivity index (χ1v) is 6.91. The molecule has 1 N–H and O–H groups in total. The smallest absolute Gasteiger partial charge is 0.317 e. The van der Waals surface area contributed by atoms with Crippen LogP contribution in [0.3, 0.4) is 0 Å². The third-order valence-corrected chi connectivity index (χ3v) is 3.95. The molecule has 1 saturated heterocycles. The molecular formula is C13H18BrN3O. The quantitative estimate of drug-likeness (QED) is 0.905. The van der Waals surface area contributed by atoms with Gasteiger partial charge in [0, 0.05) is 37.2 Å². The maximum absolute atomic E-state index is 12.0. The van der Waals surface area contributed by atoms with Gasteiger partial charge in [-0.05, 0) is 18.7 Å². The fourth-order valence-corrected chi connectivity index (χ4v) is 2.36. The molecule has 0 bridgehead atoms. The van der Waals surface area contributed by atoms with Crippen LogP contribution in [0, 0.1) is 0 Å². The molecule has 1 fully saturated rings. The molecule has 4 nitrogen and oxygen atoms in total. The third kappa shape index (κ3) is 3.46. The number of halogens is 1. The Labute approximate surface area is 116 Å². The van der Waals surface area contributed by atoms with Crippen LogP contribution in [-0.2, 0) is 6.54 Å². The second-order valence-corrected chi connectivity index (χ2v) is 5.39. The highest BCUT2D eigenvalue weighted by Crippen LogP contribution is 2.15. The summed E-state index contributed by atoms with van der Waals surface area (Å²) in [6, 6.07) is 7.96. The zero-order valence-electron chi connectivity index (χ0n) is 10.5. The molecule has 0 saturated carbocycles. The topological polar surface area (TPSA) is 35.6 Å². The van der Waals surface area contributed by atoms with Crippen LogP contribution in [0.4, 0.5) is 4.79 Å². The normalized spacial score (nSPS) is 16.7. The second kappa shape index (κ2) is 6.20. The molecule has 98 valence electrons. The average molecular weight is 312 g/mol. The maximum Gasteiger partial charge on any atom is 0.317 e. The molecule has 0 aliphatic carbocycles. The first kappa shape index (κ1) is 13.4. The Balaban J connectivity index is 1.83. The minimum absolute atomic E-state index is 0.0267. The lowest BCUT2D eigenvalue weighted by Crippen LogP contribution is -2.50. The molecule has 1 aromatic carbocycles. The van der Waals surface area contributed by atoms with E-state index in [4.69, 9.17) is 0 Å². The fraction of sp³-hybridized carbons (Fsp3) is 0.462. The highest BCUT2D eigenvalue weighted by atomic mass is 79.9. The van der Waals surface area contributed by atoms with Gasteiger partial charge < -0.3 is 15.1 Å². The largest absolute Gasteiger partial charge is 0.334 e. The van der Waals surface area contributed by atoms with Crippen LogP contribution >= 0.6 is 15.9 Å². The SMILES string of the molecule is CN1CCN(C(=O)NCc2ccccc2Br)CC1. The number of hydrogen-bond donors (Lipinski definition) is 1. The van der Waals surface area contributed by atoms with Crippen LogP contribution in [0.15, 0.2) is 28.7 Å². The minimum atomic E-state index is 0.0267. The van der Waals surface area contributed by atoms with Gasteiger partial charge in [0.15, 0.2) is 0 Å². The van der Waals surface area contributed by atoms with Crippen LogP contribution in [0.1, 0.15) is 5.56 Å². The van der Waals surface area contributed by atoms with Crippen LogP contribution in [-0.4, -0.2) is 49.1 Å². The monoisotopic (exact) mass is 311 g/mol. The van der Waals surface area contributed by atoms with Gasteiger partial charge in [0.1, 0.15) is 0 Å². The number of hydrogen-bond acceptors (Lipinski definition) is 2. The summed E-state index contributed by atoms with van der Waals surface area (Å²) in [7, 11) is 2.08. The van der Waals surface area contributed by atoms with Crippen molar-refractivity contribution in [1.82, 2.24) is 15.1 Å². The first-order chi connectivity index (χ1) is 8.66. The molecule has 1 aliphatic rings. The van der Waals surface area contributed by atoms with E-state index in [1.165, 1.54) is 0 Å². The lowest BCUT2D eigenvalue weighted by molar-refractivity contribution is 0.154. The molecule has 0 unspecified atom stereocenters. The van der Waals surface area contributed by atoms with Gasteiger partial charge >= 0.3 is 6.03 Å². The second-order valence-electron chi connectivity index (χ2n) is 4.54. The van der Waals surface area contributed by atoms with E-state index in [0.717, 1.165) is 36.2 Å². The molecule has 0 atom stereocenters. The van der Waals surface area contributed by atoms with Crippen LogP contribution in [0.2, 0.25) is 0 Å². The number of nitrogens with zero attached hydrogens (tertiary/aromatic N) is 2. The van der Waals surface area contributed by atoms with Crippen molar-refractivity contribution in [2.24, 2.45) is 0 Å². The number of carbonyl (C=O) groups excluding carboxylic acids is 1. The summed E-state index contributed by atoms with van der Waals surface area (Å²) in [5.41, 5.74) is 1.10. The summed E-state index contributed by atoms with van der Waals surface area (Å²) >= 11 is 3.48. The van der Waals surface area contributed by atoms with E-state index in [-0.39, 0.29) is 6.03 Å². The summed E-state index contributed by atoms with van der Waals surface area (Å²) in [5, 5.41) is 2.96. The van der Waals surface area contributed by atoms with Gasteiger partial charge in [-0.25, -0.2) is 4.79 Å². The summed E-state index contributed by atoms with van der Waals surface area (Å²) in [6.07, 6.45) is 0. The van der Waals surface area contributed by atoms with Crippen molar-refractivity contribution >= 4 is 22.0 Å². The van der Waals surface area contributed by atoms with Crippen molar-refractivity contribution in [3.05, 3.63) is 34.3 Å². The molecule has 1 aliphatic heterocycles. The van der Waals surface area contributed by atoms with Gasteiger partial charge in [0.2, 0.25) is 0 Å². The number of urea groups is 1. The number of amides is 2. The summed E-state index contributed by atoms with van der Waals surface area (Å²) in [5.74, 6) is 0. The van der Waals surface area contributed by atoms with Crippen molar-refractivity contribution in [3.63, 3.8) is 0 Å². The predicted octanol–water partition coefficient (Wildman–Crippen LogP) is 1.91. The third-order valence-electron chi connectivity index (χ3n) is 3.18. The lowest BCUT2D eigenvalue weighted by atomic mass is 10.2. The number of benzene rings is 1. The maximum atomic E-state index is 12.0. The number of rotatable bonds is 2. The van der Waals surface area contributed by atoms with Gasteiger partial charge in [-0.15, -0.1) is 0 Å². The van der Waals surface area contributed by atoms with Crippen molar-refractivity contribution in [3.8, 4) is 0 Å².